The summed E-state index contributed by atoms with van der Waals surface area (Å²) in [5.41, 5.74) is 1.54. The molecule has 0 radical (unpaired) electrons. The van der Waals surface area contributed by atoms with E-state index in [9.17, 15) is 0 Å². The summed E-state index contributed by atoms with van der Waals surface area (Å²) in [6, 6.07) is 9.62. The second-order valence-electron chi connectivity index (χ2n) is 5.98. The van der Waals surface area contributed by atoms with Gasteiger partial charge in [-0.2, -0.15) is 0 Å². The molecule has 98 valence electrons. The molecule has 2 heteroatoms. The molecule has 0 amide bonds. The predicted molar refractivity (Wildman–Crippen MR) is 79.1 cm³/mol. The highest BCUT2D eigenvalue weighted by Gasteiger charge is 2.30. The van der Waals surface area contributed by atoms with Gasteiger partial charge in [-0.05, 0) is 42.7 Å². The number of fused-ring (bicyclic) bond motifs is 1. The third-order valence-corrected chi connectivity index (χ3v) is 6.11. The SMILES string of the molecule is CC1CCC(NCC2Cc3ccccc3S2)C1C. The quantitative estimate of drug-likeness (QED) is 0.890. The van der Waals surface area contributed by atoms with E-state index >= 15 is 0 Å². The summed E-state index contributed by atoms with van der Waals surface area (Å²) in [5, 5.41) is 4.56. The van der Waals surface area contributed by atoms with Crippen molar-refractivity contribution >= 4 is 11.8 Å². The fraction of sp³-hybridized carbons (Fsp3) is 0.625. The van der Waals surface area contributed by atoms with Crippen LogP contribution in [0.25, 0.3) is 0 Å². The summed E-state index contributed by atoms with van der Waals surface area (Å²) in [7, 11) is 0. The normalized spacial score (nSPS) is 34.8. The molecule has 0 bridgehead atoms. The van der Waals surface area contributed by atoms with Crippen molar-refractivity contribution in [1.29, 1.82) is 0 Å². The van der Waals surface area contributed by atoms with Gasteiger partial charge in [-0.1, -0.05) is 32.0 Å². The highest BCUT2D eigenvalue weighted by atomic mass is 32.2. The van der Waals surface area contributed by atoms with Crippen molar-refractivity contribution in [3.63, 3.8) is 0 Å². The van der Waals surface area contributed by atoms with Gasteiger partial charge in [0.15, 0.2) is 0 Å². The Labute approximate surface area is 115 Å². The van der Waals surface area contributed by atoms with E-state index in [1.54, 1.807) is 5.56 Å². The number of benzene rings is 1. The molecule has 1 fully saturated rings. The molecular weight excluding hydrogens is 238 g/mol. The average molecular weight is 261 g/mol. The van der Waals surface area contributed by atoms with Gasteiger partial charge < -0.3 is 5.32 Å². The van der Waals surface area contributed by atoms with Crippen molar-refractivity contribution in [2.75, 3.05) is 6.54 Å². The van der Waals surface area contributed by atoms with Gasteiger partial charge in [0.1, 0.15) is 0 Å². The zero-order valence-corrected chi connectivity index (χ0v) is 12.2. The minimum atomic E-state index is 0.741. The van der Waals surface area contributed by atoms with Gasteiger partial charge in [0.25, 0.3) is 0 Å². The first kappa shape index (κ1) is 12.6. The zero-order chi connectivity index (χ0) is 12.5. The van der Waals surface area contributed by atoms with Crippen molar-refractivity contribution in [3.8, 4) is 0 Å². The molecule has 1 aliphatic heterocycles. The lowest BCUT2D eigenvalue weighted by Crippen LogP contribution is -2.36. The lowest BCUT2D eigenvalue weighted by molar-refractivity contribution is 0.371. The average Bonchev–Trinajstić information content (AvgIpc) is 2.92. The Bertz CT molecular complexity index is 392. The topological polar surface area (TPSA) is 12.0 Å². The van der Waals surface area contributed by atoms with Crippen molar-refractivity contribution in [3.05, 3.63) is 29.8 Å². The molecule has 1 aliphatic carbocycles. The number of hydrogen-bond acceptors (Lipinski definition) is 2. The molecule has 3 rings (SSSR count). The Balaban J connectivity index is 1.52. The van der Waals surface area contributed by atoms with Gasteiger partial charge in [0.05, 0.1) is 0 Å². The molecule has 0 saturated heterocycles. The van der Waals surface area contributed by atoms with Crippen molar-refractivity contribution in [1.82, 2.24) is 5.32 Å². The van der Waals surface area contributed by atoms with Crippen molar-refractivity contribution in [2.24, 2.45) is 11.8 Å². The largest absolute Gasteiger partial charge is 0.313 e. The minimum Gasteiger partial charge on any atom is -0.313 e. The molecule has 1 N–H and O–H groups in total. The van der Waals surface area contributed by atoms with Crippen LogP contribution in [0.15, 0.2) is 29.2 Å². The maximum Gasteiger partial charge on any atom is 0.0260 e. The molecule has 2 aliphatic rings. The molecule has 1 aromatic carbocycles. The van der Waals surface area contributed by atoms with E-state index in [1.165, 1.54) is 30.7 Å². The Hall–Kier alpha value is -0.470. The van der Waals surface area contributed by atoms with Crippen LogP contribution in [-0.2, 0) is 6.42 Å². The smallest absolute Gasteiger partial charge is 0.0260 e. The molecule has 1 nitrogen and oxygen atoms in total. The van der Waals surface area contributed by atoms with E-state index in [4.69, 9.17) is 0 Å². The fourth-order valence-corrected chi connectivity index (χ4v) is 4.56. The van der Waals surface area contributed by atoms with Crippen LogP contribution in [0.2, 0.25) is 0 Å². The fourth-order valence-electron chi connectivity index (χ4n) is 3.30. The van der Waals surface area contributed by atoms with Crippen LogP contribution in [-0.4, -0.2) is 17.8 Å². The van der Waals surface area contributed by atoms with Crippen LogP contribution in [0.5, 0.6) is 0 Å². The highest BCUT2D eigenvalue weighted by molar-refractivity contribution is 8.00. The lowest BCUT2D eigenvalue weighted by atomic mass is 9.98. The van der Waals surface area contributed by atoms with Gasteiger partial charge in [-0.25, -0.2) is 0 Å². The van der Waals surface area contributed by atoms with E-state index < -0.39 is 0 Å². The van der Waals surface area contributed by atoms with Crippen LogP contribution >= 0.6 is 11.8 Å². The monoisotopic (exact) mass is 261 g/mol. The van der Waals surface area contributed by atoms with Crippen molar-refractivity contribution < 1.29 is 0 Å². The Morgan fingerprint density at radius 3 is 2.78 bits per heavy atom. The van der Waals surface area contributed by atoms with Gasteiger partial charge in [-0.3, -0.25) is 0 Å². The maximum atomic E-state index is 3.82. The van der Waals surface area contributed by atoms with Gasteiger partial charge in [0.2, 0.25) is 0 Å². The summed E-state index contributed by atoms with van der Waals surface area (Å²) in [5.74, 6) is 1.75. The second kappa shape index (κ2) is 5.26. The molecule has 4 unspecified atom stereocenters. The second-order valence-corrected chi connectivity index (χ2v) is 7.32. The van der Waals surface area contributed by atoms with Crippen LogP contribution in [0.1, 0.15) is 32.3 Å². The molecule has 1 heterocycles. The van der Waals surface area contributed by atoms with Crippen LogP contribution in [0, 0.1) is 11.8 Å². The van der Waals surface area contributed by atoms with Crippen molar-refractivity contribution in [2.45, 2.75) is 49.3 Å². The van der Waals surface area contributed by atoms with Crippen LogP contribution in [0.4, 0.5) is 0 Å². The van der Waals surface area contributed by atoms with Gasteiger partial charge in [-0.15, -0.1) is 11.8 Å². The third-order valence-electron chi connectivity index (χ3n) is 4.79. The molecule has 18 heavy (non-hydrogen) atoms. The summed E-state index contributed by atoms with van der Waals surface area (Å²) in [4.78, 5) is 1.50. The van der Waals surface area contributed by atoms with E-state index in [0.717, 1.165) is 23.1 Å². The molecule has 0 spiro atoms. The molecule has 0 aromatic heterocycles. The summed E-state index contributed by atoms with van der Waals surface area (Å²) in [6.07, 6.45) is 4.01. The number of nitrogens with one attached hydrogen (secondary N) is 1. The zero-order valence-electron chi connectivity index (χ0n) is 11.4. The van der Waals surface area contributed by atoms with E-state index in [-0.39, 0.29) is 0 Å². The van der Waals surface area contributed by atoms with Crippen LogP contribution < -0.4 is 5.32 Å². The standard InChI is InChI=1S/C16H23NS/c1-11-7-8-15(12(11)2)17-10-14-9-13-5-3-4-6-16(13)18-14/h3-6,11-12,14-15,17H,7-10H2,1-2H3. The minimum absolute atomic E-state index is 0.741. The molecule has 1 aromatic rings. The Morgan fingerprint density at radius 1 is 1.22 bits per heavy atom. The van der Waals surface area contributed by atoms with Crippen LogP contribution in [0.3, 0.4) is 0 Å². The van der Waals surface area contributed by atoms with E-state index in [1.807, 2.05) is 0 Å². The maximum absolute atomic E-state index is 3.82. The summed E-state index contributed by atoms with van der Waals surface area (Å²) >= 11 is 2.06. The number of thioether (sulfide) groups is 1. The number of rotatable bonds is 3. The molecule has 4 atom stereocenters. The Kier molecular flexibility index (Phi) is 3.67. The van der Waals surface area contributed by atoms with Gasteiger partial charge >= 0.3 is 0 Å². The van der Waals surface area contributed by atoms with E-state index in [0.29, 0.717) is 0 Å². The first-order chi connectivity index (χ1) is 8.74. The Morgan fingerprint density at radius 2 is 2.06 bits per heavy atom. The predicted octanol–water partition coefficient (Wildman–Crippen LogP) is 3.73. The summed E-state index contributed by atoms with van der Waals surface area (Å²) in [6.45, 7) is 5.97. The molecular formula is C16H23NS. The van der Waals surface area contributed by atoms with Gasteiger partial charge in [0, 0.05) is 22.7 Å². The summed E-state index contributed by atoms with van der Waals surface area (Å²) < 4.78 is 0. The lowest BCUT2D eigenvalue weighted by Gasteiger charge is -2.21. The molecule has 1 saturated carbocycles. The third kappa shape index (κ3) is 2.46. The first-order valence-electron chi connectivity index (χ1n) is 7.22. The number of hydrogen-bond donors (Lipinski definition) is 1. The van der Waals surface area contributed by atoms with E-state index in [2.05, 4.69) is 55.2 Å². The highest BCUT2D eigenvalue weighted by Crippen LogP contribution is 2.37. The first-order valence-corrected chi connectivity index (χ1v) is 8.10.